The fraction of sp³-hybridized carbons (Fsp3) is 0.864. The Balaban J connectivity index is 4.64. The van der Waals surface area contributed by atoms with E-state index in [0.29, 0.717) is 13.1 Å². The highest BCUT2D eigenvalue weighted by Crippen LogP contribution is 2.14. The molecule has 12 heteroatoms. The number of carboxylic acid groups (broad SMARTS) is 2. The highest BCUT2D eigenvalue weighted by Gasteiger charge is 2.28. The van der Waals surface area contributed by atoms with Gasteiger partial charge >= 0.3 is 11.9 Å². The van der Waals surface area contributed by atoms with Gasteiger partial charge in [0.1, 0.15) is 12.1 Å². The summed E-state index contributed by atoms with van der Waals surface area (Å²) >= 11 is 0. The minimum atomic E-state index is -1.62. The van der Waals surface area contributed by atoms with Gasteiger partial charge in [-0.3, -0.25) is 24.0 Å². The van der Waals surface area contributed by atoms with E-state index in [4.69, 9.17) is 5.11 Å². The summed E-state index contributed by atoms with van der Waals surface area (Å²) in [6.07, 6.45) is 32.3. The zero-order valence-electron chi connectivity index (χ0n) is 35.5. The first-order valence-corrected chi connectivity index (χ1v) is 22.7. The van der Waals surface area contributed by atoms with E-state index in [1.807, 2.05) is 0 Å². The molecule has 0 aromatic heterocycles. The summed E-state index contributed by atoms with van der Waals surface area (Å²) in [7, 11) is 0. The third kappa shape index (κ3) is 35.2. The van der Waals surface area contributed by atoms with Crippen LogP contribution in [0.25, 0.3) is 0 Å². The Morgan fingerprint density at radius 3 is 1.11 bits per heavy atom. The number of hydrogen-bond acceptors (Lipinski definition) is 6. The summed E-state index contributed by atoms with van der Waals surface area (Å²) in [6.45, 7) is 5.33. The summed E-state index contributed by atoms with van der Waals surface area (Å²) in [4.78, 5) is 73.4. The highest BCUT2D eigenvalue weighted by atomic mass is 16.4. The molecule has 0 saturated heterocycles. The van der Waals surface area contributed by atoms with Crippen molar-refractivity contribution < 1.29 is 39.0 Å². The molecule has 0 aromatic rings. The van der Waals surface area contributed by atoms with Crippen molar-refractivity contribution in [1.82, 2.24) is 21.3 Å². The van der Waals surface area contributed by atoms with Gasteiger partial charge in [-0.2, -0.15) is 0 Å². The Hall–Kier alpha value is -3.18. The highest BCUT2D eigenvalue weighted by molar-refractivity contribution is 5.94. The number of hydrogen-bond donors (Lipinski definition) is 6. The lowest BCUT2D eigenvalue weighted by Gasteiger charge is -2.20. The van der Waals surface area contributed by atoms with Crippen LogP contribution in [-0.2, 0) is 28.8 Å². The molecule has 0 aromatic carbocycles. The predicted octanol–water partition coefficient (Wildman–Crippen LogP) is 8.88. The summed E-state index contributed by atoms with van der Waals surface area (Å²) in [5, 5.41) is 28.7. The first-order valence-electron chi connectivity index (χ1n) is 22.7. The Bertz CT molecular complexity index is 1040. The molecule has 12 nitrogen and oxygen atoms in total. The molecule has 0 aliphatic rings. The second kappa shape index (κ2) is 38.7. The standard InChI is InChI=1S/C44H82N4O8/c1-3-5-7-9-11-13-15-17-19-21-23-25-27-29-33-45-40(50)35-37(47-41(51)36-38(44(55)56)48-39(49)31-32-42(52)53)43(54)46-34-30-28-26-24-22-20-18-16-14-12-10-8-6-4-2/h37-38H,3-36H2,1-2H3,(H,45,50)(H,46,54)(H,47,51)(H,48,49)(H,52,53)(H,55,56)/t37-,38-/m0/s1. The van der Waals surface area contributed by atoms with Crippen molar-refractivity contribution in [1.29, 1.82) is 0 Å². The van der Waals surface area contributed by atoms with Gasteiger partial charge in [0, 0.05) is 19.5 Å². The molecule has 0 saturated carbocycles. The van der Waals surface area contributed by atoms with E-state index >= 15 is 0 Å². The maximum absolute atomic E-state index is 13.2. The van der Waals surface area contributed by atoms with Crippen molar-refractivity contribution in [2.45, 2.75) is 231 Å². The van der Waals surface area contributed by atoms with Crippen LogP contribution in [0.3, 0.4) is 0 Å². The van der Waals surface area contributed by atoms with Crippen molar-refractivity contribution in [2.24, 2.45) is 0 Å². The Morgan fingerprint density at radius 2 is 0.732 bits per heavy atom. The van der Waals surface area contributed by atoms with Crippen molar-refractivity contribution in [3.63, 3.8) is 0 Å². The minimum Gasteiger partial charge on any atom is -0.481 e. The lowest BCUT2D eigenvalue weighted by molar-refractivity contribution is -0.144. The molecule has 326 valence electrons. The molecule has 0 radical (unpaired) electrons. The molecule has 0 heterocycles. The topological polar surface area (TPSA) is 191 Å². The quantitative estimate of drug-likeness (QED) is 0.0331. The lowest BCUT2D eigenvalue weighted by Crippen LogP contribution is -2.51. The normalized spacial score (nSPS) is 12.1. The van der Waals surface area contributed by atoms with E-state index in [9.17, 15) is 33.9 Å². The maximum Gasteiger partial charge on any atom is 0.326 e. The van der Waals surface area contributed by atoms with E-state index in [0.717, 1.165) is 44.9 Å². The van der Waals surface area contributed by atoms with Gasteiger partial charge in [0.2, 0.25) is 23.6 Å². The van der Waals surface area contributed by atoms with Crippen LogP contribution in [0.2, 0.25) is 0 Å². The van der Waals surface area contributed by atoms with E-state index in [1.165, 1.54) is 135 Å². The van der Waals surface area contributed by atoms with Gasteiger partial charge in [-0.1, -0.05) is 181 Å². The number of unbranched alkanes of at least 4 members (excludes halogenated alkanes) is 26. The van der Waals surface area contributed by atoms with Crippen LogP contribution >= 0.6 is 0 Å². The van der Waals surface area contributed by atoms with Crippen LogP contribution in [0, 0.1) is 0 Å². The zero-order chi connectivity index (χ0) is 41.5. The first-order chi connectivity index (χ1) is 27.1. The van der Waals surface area contributed by atoms with Crippen LogP contribution in [0.15, 0.2) is 0 Å². The van der Waals surface area contributed by atoms with E-state index in [-0.39, 0.29) is 6.42 Å². The third-order valence-corrected chi connectivity index (χ3v) is 10.3. The molecule has 2 atom stereocenters. The number of carbonyl (C=O) groups excluding carboxylic acids is 4. The first kappa shape index (κ1) is 52.8. The summed E-state index contributed by atoms with van der Waals surface area (Å²) < 4.78 is 0. The third-order valence-electron chi connectivity index (χ3n) is 10.3. The molecule has 0 unspecified atom stereocenters. The van der Waals surface area contributed by atoms with Gasteiger partial charge in [-0.25, -0.2) is 4.79 Å². The molecule has 0 bridgehead atoms. The average Bonchev–Trinajstić information content (AvgIpc) is 3.16. The number of carboxylic acids is 2. The van der Waals surface area contributed by atoms with Crippen molar-refractivity contribution in [3.05, 3.63) is 0 Å². The van der Waals surface area contributed by atoms with Gasteiger partial charge in [0.05, 0.1) is 19.3 Å². The Kier molecular flexibility index (Phi) is 36.5. The number of carbonyl (C=O) groups is 6. The number of rotatable bonds is 41. The molecule has 0 fully saturated rings. The number of amides is 4. The predicted molar refractivity (Wildman–Crippen MR) is 224 cm³/mol. The van der Waals surface area contributed by atoms with Crippen LogP contribution in [-0.4, -0.2) is 71.0 Å². The van der Waals surface area contributed by atoms with Gasteiger partial charge in [-0.15, -0.1) is 0 Å². The zero-order valence-corrected chi connectivity index (χ0v) is 35.5. The van der Waals surface area contributed by atoms with Crippen LogP contribution in [0.5, 0.6) is 0 Å². The summed E-state index contributed by atoms with van der Waals surface area (Å²) in [5.74, 6) is -5.26. The number of aliphatic carboxylic acids is 2. The fourth-order valence-corrected chi connectivity index (χ4v) is 6.79. The maximum atomic E-state index is 13.2. The fourth-order valence-electron chi connectivity index (χ4n) is 6.79. The summed E-state index contributed by atoms with van der Waals surface area (Å²) in [6, 6.07) is -2.84. The SMILES string of the molecule is CCCCCCCCCCCCCCCCNC(=O)C[C@H](NC(=O)C[C@H](NC(=O)CCC(=O)O)C(=O)O)C(=O)NCCCCCCCCCCCCCCCC. The van der Waals surface area contributed by atoms with E-state index < -0.39 is 66.9 Å². The monoisotopic (exact) mass is 795 g/mol. The second-order valence-electron chi connectivity index (χ2n) is 15.7. The smallest absolute Gasteiger partial charge is 0.326 e. The van der Waals surface area contributed by atoms with Crippen molar-refractivity contribution in [3.8, 4) is 0 Å². The molecular weight excluding hydrogens is 713 g/mol. The molecule has 0 aliphatic heterocycles. The molecule has 0 aliphatic carbocycles. The molecule has 6 N–H and O–H groups in total. The van der Waals surface area contributed by atoms with Crippen molar-refractivity contribution >= 4 is 35.6 Å². The molecule has 0 spiro atoms. The van der Waals surface area contributed by atoms with Crippen molar-refractivity contribution in [2.75, 3.05) is 13.1 Å². The van der Waals surface area contributed by atoms with Gasteiger partial charge in [0.15, 0.2) is 0 Å². The minimum absolute atomic E-state index is 0.308. The van der Waals surface area contributed by atoms with E-state index in [2.05, 4.69) is 35.1 Å². The van der Waals surface area contributed by atoms with Gasteiger partial charge < -0.3 is 31.5 Å². The van der Waals surface area contributed by atoms with E-state index in [1.54, 1.807) is 0 Å². The summed E-state index contributed by atoms with van der Waals surface area (Å²) in [5.41, 5.74) is 0. The average molecular weight is 795 g/mol. The lowest BCUT2D eigenvalue weighted by atomic mass is 10.0. The van der Waals surface area contributed by atoms with Gasteiger partial charge in [0.25, 0.3) is 0 Å². The van der Waals surface area contributed by atoms with Crippen LogP contribution in [0.4, 0.5) is 0 Å². The molecular formula is C44H82N4O8. The molecule has 4 amide bonds. The van der Waals surface area contributed by atoms with Gasteiger partial charge in [-0.05, 0) is 12.8 Å². The molecule has 56 heavy (non-hydrogen) atoms. The van der Waals surface area contributed by atoms with Crippen LogP contribution in [0.1, 0.15) is 219 Å². The van der Waals surface area contributed by atoms with Crippen LogP contribution < -0.4 is 21.3 Å². The Labute approximate surface area is 339 Å². The largest absolute Gasteiger partial charge is 0.481 e. The number of nitrogens with one attached hydrogen (secondary N) is 4. The second-order valence-corrected chi connectivity index (χ2v) is 15.7. The Morgan fingerprint density at radius 1 is 0.393 bits per heavy atom. The molecule has 0 rings (SSSR count).